The lowest BCUT2D eigenvalue weighted by Crippen LogP contribution is -2.47. The highest BCUT2D eigenvalue weighted by molar-refractivity contribution is 6.74. The number of rotatable bonds is 7. The molecule has 1 fully saturated rings. The predicted octanol–water partition coefficient (Wildman–Crippen LogP) is 3.52. The summed E-state index contributed by atoms with van der Waals surface area (Å²) in [7, 11) is -2.00. The van der Waals surface area contributed by atoms with Gasteiger partial charge in [0.1, 0.15) is 6.29 Å². The topological polar surface area (TPSA) is 55.4 Å². The molecule has 0 aliphatic carbocycles. The molecule has 0 spiro atoms. The summed E-state index contributed by atoms with van der Waals surface area (Å²) in [6, 6.07) is 0.217. The minimum absolute atomic E-state index is 0.0520. The van der Waals surface area contributed by atoms with Crippen molar-refractivity contribution in [2.75, 3.05) is 0 Å². The third-order valence-corrected chi connectivity index (χ3v) is 9.51. The summed E-state index contributed by atoms with van der Waals surface area (Å²) in [4.78, 5) is 23.4. The van der Waals surface area contributed by atoms with E-state index in [-0.39, 0.29) is 29.0 Å². The van der Waals surface area contributed by atoms with Gasteiger partial charge in [-0.05, 0) is 36.9 Å². The van der Waals surface area contributed by atoms with E-state index in [4.69, 9.17) is 4.43 Å². The van der Waals surface area contributed by atoms with E-state index < -0.39 is 8.32 Å². The van der Waals surface area contributed by atoms with Gasteiger partial charge in [0.2, 0.25) is 5.91 Å². The number of hydrogen-bond donors (Lipinski definition) is 1. The van der Waals surface area contributed by atoms with E-state index >= 15 is 0 Å². The second-order valence-corrected chi connectivity index (χ2v) is 13.3. The molecule has 0 aromatic heterocycles. The molecule has 1 saturated heterocycles. The fourth-order valence-corrected chi connectivity index (χ4v) is 4.14. The first kappa shape index (κ1) is 19.4. The van der Waals surface area contributed by atoms with Crippen molar-refractivity contribution in [1.29, 1.82) is 0 Å². The summed E-state index contributed by atoms with van der Waals surface area (Å²) in [5.74, 6) is 0.411. The Morgan fingerprint density at radius 2 is 1.95 bits per heavy atom. The van der Waals surface area contributed by atoms with Crippen LogP contribution in [0.4, 0.5) is 0 Å². The zero-order chi connectivity index (χ0) is 17.1. The highest BCUT2D eigenvalue weighted by atomic mass is 28.4. The average molecular weight is 328 g/mol. The van der Waals surface area contributed by atoms with Crippen LogP contribution in [0.25, 0.3) is 0 Å². The predicted molar refractivity (Wildman–Crippen MR) is 92.2 cm³/mol. The molecule has 1 rings (SSSR count). The molecule has 0 aromatic carbocycles. The van der Waals surface area contributed by atoms with Gasteiger partial charge in [-0.1, -0.05) is 34.6 Å². The van der Waals surface area contributed by atoms with Gasteiger partial charge in [0.15, 0.2) is 8.32 Å². The summed E-state index contributed by atoms with van der Waals surface area (Å²) in [6.45, 7) is 15.2. The number of nitrogens with one attached hydrogen (secondary N) is 1. The molecule has 1 N–H and O–H groups in total. The molecule has 1 amide bonds. The summed E-state index contributed by atoms with van der Waals surface area (Å²) >= 11 is 0. The molecule has 1 aliphatic rings. The summed E-state index contributed by atoms with van der Waals surface area (Å²) in [5, 5.41) is 3.15. The normalized spacial score (nSPS) is 24.5. The maximum atomic E-state index is 12.3. The van der Waals surface area contributed by atoms with Gasteiger partial charge in [-0.2, -0.15) is 0 Å². The van der Waals surface area contributed by atoms with E-state index in [0.717, 1.165) is 19.1 Å². The Morgan fingerprint density at radius 3 is 2.41 bits per heavy atom. The largest absolute Gasteiger partial charge is 0.413 e. The van der Waals surface area contributed by atoms with E-state index in [1.54, 1.807) is 0 Å². The average Bonchev–Trinajstić information content (AvgIpc) is 2.66. The van der Waals surface area contributed by atoms with Crippen molar-refractivity contribution < 1.29 is 14.0 Å². The lowest BCUT2D eigenvalue weighted by Gasteiger charge is -2.40. The Bertz CT molecular complexity index is 401. The molecule has 0 aromatic rings. The standard InChI is InChI=1S/C17H33NO3Si/c1-12(2)10-13-11-14(16(20)18-13)15(8-9-19)21-22(6,7)17(3,4)5/h9,12-15H,8,10-11H2,1-7H3,(H,18,20)/t13-,14+,15+/m0/s1. The summed E-state index contributed by atoms with van der Waals surface area (Å²) in [5.41, 5.74) is 0. The van der Waals surface area contributed by atoms with Gasteiger partial charge in [-0.3, -0.25) is 4.79 Å². The molecule has 0 bridgehead atoms. The molecule has 0 saturated carbocycles. The van der Waals surface area contributed by atoms with Crippen LogP contribution in [0.5, 0.6) is 0 Å². The highest BCUT2D eigenvalue weighted by Crippen LogP contribution is 2.39. The van der Waals surface area contributed by atoms with Crippen LogP contribution in [-0.2, 0) is 14.0 Å². The fourth-order valence-electron chi connectivity index (χ4n) is 2.77. The minimum Gasteiger partial charge on any atom is -0.413 e. The quantitative estimate of drug-likeness (QED) is 0.575. The van der Waals surface area contributed by atoms with Crippen LogP contribution < -0.4 is 5.32 Å². The third-order valence-electron chi connectivity index (χ3n) is 5.01. The van der Waals surface area contributed by atoms with Crippen molar-refractivity contribution in [2.24, 2.45) is 11.8 Å². The van der Waals surface area contributed by atoms with Crippen LogP contribution in [0.1, 0.15) is 53.9 Å². The van der Waals surface area contributed by atoms with E-state index in [9.17, 15) is 9.59 Å². The van der Waals surface area contributed by atoms with Gasteiger partial charge in [-0.25, -0.2) is 0 Å². The number of amides is 1. The van der Waals surface area contributed by atoms with Crippen LogP contribution in [0.15, 0.2) is 0 Å². The third kappa shape index (κ3) is 4.91. The summed E-state index contributed by atoms with van der Waals surface area (Å²) in [6.07, 6.45) is 2.68. The Balaban J connectivity index is 2.83. The van der Waals surface area contributed by atoms with Crippen LogP contribution in [-0.4, -0.2) is 32.7 Å². The maximum Gasteiger partial charge on any atom is 0.225 e. The fraction of sp³-hybridized carbons (Fsp3) is 0.882. The van der Waals surface area contributed by atoms with E-state index in [2.05, 4.69) is 53.0 Å². The molecule has 1 heterocycles. The van der Waals surface area contributed by atoms with Crippen LogP contribution >= 0.6 is 0 Å². The van der Waals surface area contributed by atoms with E-state index in [1.165, 1.54) is 0 Å². The molecule has 5 heteroatoms. The van der Waals surface area contributed by atoms with Gasteiger partial charge in [0.05, 0.1) is 12.0 Å². The molecule has 1 aliphatic heterocycles. The molecular formula is C17H33NO3Si. The second kappa shape index (κ2) is 7.26. The molecule has 4 nitrogen and oxygen atoms in total. The first-order valence-corrected chi connectivity index (χ1v) is 11.3. The lowest BCUT2D eigenvalue weighted by atomic mass is 9.93. The van der Waals surface area contributed by atoms with Crippen LogP contribution in [0.2, 0.25) is 18.1 Å². The van der Waals surface area contributed by atoms with Crippen molar-refractivity contribution in [2.45, 2.75) is 84.2 Å². The molecular weight excluding hydrogens is 294 g/mol. The monoisotopic (exact) mass is 327 g/mol. The lowest BCUT2D eigenvalue weighted by molar-refractivity contribution is -0.125. The van der Waals surface area contributed by atoms with Gasteiger partial charge in [0, 0.05) is 12.5 Å². The second-order valence-electron chi connectivity index (χ2n) is 8.50. The van der Waals surface area contributed by atoms with Crippen molar-refractivity contribution in [1.82, 2.24) is 5.32 Å². The van der Waals surface area contributed by atoms with Gasteiger partial charge in [-0.15, -0.1) is 0 Å². The Morgan fingerprint density at radius 1 is 1.36 bits per heavy atom. The number of carbonyl (C=O) groups excluding carboxylic acids is 2. The molecule has 128 valence electrons. The molecule has 0 radical (unpaired) electrons. The Labute approximate surface area is 136 Å². The number of aldehydes is 1. The van der Waals surface area contributed by atoms with E-state index in [1.807, 2.05) is 0 Å². The smallest absolute Gasteiger partial charge is 0.225 e. The maximum absolute atomic E-state index is 12.3. The molecule has 22 heavy (non-hydrogen) atoms. The number of hydrogen-bond acceptors (Lipinski definition) is 3. The Hall–Kier alpha value is -0.683. The van der Waals surface area contributed by atoms with Crippen molar-refractivity contribution in [3.63, 3.8) is 0 Å². The zero-order valence-corrected chi connectivity index (χ0v) is 16.2. The first-order valence-electron chi connectivity index (χ1n) is 8.39. The van der Waals surface area contributed by atoms with Crippen molar-refractivity contribution in [3.05, 3.63) is 0 Å². The minimum atomic E-state index is -2.00. The van der Waals surface area contributed by atoms with Gasteiger partial charge < -0.3 is 14.5 Å². The highest BCUT2D eigenvalue weighted by Gasteiger charge is 2.44. The van der Waals surface area contributed by atoms with Gasteiger partial charge >= 0.3 is 0 Å². The van der Waals surface area contributed by atoms with Crippen LogP contribution in [0.3, 0.4) is 0 Å². The van der Waals surface area contributed by atoms with Gasteiger partial charge in [0.25, 0.3) is 0 Å². The number of carbonyl (C=O) groups is 2. The van der Waals surface area contributed by atoms with Crippen molar-refractivity contribution >= 4 is 20.5 Å². The summed E-state index contributed by atoms with van der Waals surface area (Å²) < 4.78 is 6.40. The Kier molecular flexibility index (Phi) is 6.39. The SMILES string of the molecule is CC(C)C[C@H]1C[C@H]([C@@H](CC=O)O[Si](C)(C)C(C)(C)C)C(=O)N1. The van der Waals surface area contributed by atoms with Crippen LogP contribution in [0, 0.1) is 11.8 Å². The van der Waals surface area contributed by atoms with Crippen molar-refractivity contribution in [3.8, 4) is 0 Å². The molecule has 3 atom stereocenters. The van der Waals surface area contributed by atoms with E-state index in [0.29, 0.717) is 12.3 Å². The zero-order valence-electron chi connectivity index (χ0n) is 15.2. The first-order chi connectivity index (χ1) is 9.98. The molecule has 0 unspecified atom stereocenters.